The van der Waals surface area contributed by atoms with Crippen molar-refractivity contribution in [2.75, 3.05) is 6.61 Å². The van der Waals surface area contributed by atoms with Crippen molar-refractivity contribution >= 4 is 0 Å². The Balaban J connectivity index is 2.35. The topological polar surface area (TPSA) is 105 Å². The zero-order valence-corrected chi connectivity index (χ0v) is 9.22. The zero-order valence-electron chi connectivity index (χ0n) is 9.22. The molecule has 0 amide bonds. The van der Waals surface area contributed by atoms with Crippen molar-refractivity contribution in [1.29, 1.82) is 0 Å². The van der Waals surface area contributed by atoms with Crippen molar-refractivity contribution in [3.05, 3.63) is 28.4 Å². The van der Waals surface area contributed by atoms with E-state index in [1.54, 1.807) is 6.92 Å². The highest BCUT2D eigenvalue weighted by Gasteiger charge is 2.43. The van der Waals surface area contributed by atoms with Crippen LogP contribution in [0.1, 0.15) is 11.8 Å². The van der Waals surface area contributed by atoms with E-state index >= 15 is 0 Å². The molecule has 0 aromatic carbocycles. The van der Waals surface area contributed by atoms with E-state index in [0.29, 0.717) is 0 Å². The standard InChI is InChI=1S/C10H14N2O5/c1-5-2-11-10(16)12(3-5)9-8(15)7(14)6(4-13)17-9/h2-3,6-9,13-15H,4H2,1H3/t6-,7-,8+,9-/m1/s1. The highest BCUT2D eigenvalue weighted by molar-refractivity contribution is 5.02. The third kappa shape index (κ3) is 2.09. The molecular formula is C10H14N2O5. The van der Waals surface area contributed by atoms with E-state index in [4.69, 9.17) is 9.84 Å². The molecule has 0 spiro atoms. The summed E-state index contributed by atoms with van der Waals surface area (Å²) >= 11 is 0. The van der Waals surface area contributed by atoms with Crippen molar-refractivity contribution < 1.29 is 20.1 Å². The maximum atomic E-state index is 11.5. The predicted molar refractivity (Wildman–Crippen MR) is 56.2 cm³/mol. The van der Waals surface area contributed by atoms with Crippen molar-refractivity contribution in [2.45, 2.75) is 31.5 Å². The van der Waals surface area contributed by atoms with Crippen molar-refractivity contribution in [1.82, 2.24) is 9.55 Å². The van der Waals surface area contributed by atoms with Crippen LogP contribution in [0.2, 0.25) is 0 Å². The number of rotatable bonds is 2. The lowest BCUT2D eigenvalue weighted by Gasteiger charge is -2.17. The molecule has 1 saturated heterocycles. The maximum absolute atomic E-state index is 11.5. The first-order valence-corrected chi connectivity index (χ1v) is 5.22. The Morgan fingerprint density at radius 3 is 2.76 bits per heavy atom. The van der Waals surface area contributed by atoms with Gasteiger partial charge in [0.2, 0.25) is 0 Å². The molecule has 0 bridgehead atoms. The molecule has 1 aromatic heterocycles. The van der Waals surface area contributed by atoms with Gasteiger partial charge in [-0.1, -0.05) is 0 Å². The number of aliphatic hydroxyl groups is 3. The molecule has 1 fully saturated rings. The molecule has 0 saturated carbocycles. The fraction of sp³-hybridized carbons (Fsp3) is 0.600. The minimum absolute atomic E-state index is 0.428. The molecule has 2 rings (SSSR count). The number of nitrogens with zero attached hydrogens (tertiary/aromatic N) is 2. The van der Waals surface area contributed by atoms with Crippen LogP contribution in [-0.4, -0.2) is 49.8 Å². The second-order valence-corrected chi connectivity index (χ2v) is 4.05. The summed E-state index contributed by atoms with van der Waals surface area (Å²) in [6, 6.07) is 0. The molecule has 3 N–H and O–H groups in total. The highest BCUT2D eigenvalue weighted by Crippen LogP contribution is 2.27. The summed E-state index contributed by atoms with van der Waals surface area (Å²) in [4.78, 5) is 15.1. The first kappa shape index (κ1) is 12.2. The summed E-state index contributed by atoms with van der Waals surface area (Å²) in [5.74, 6) is 0. The van der Waals surface area contributed by atoms with Crippen LogP contribution in [0, 0.1) is 6.92 Å². The van der Waals surface area contributed by atoms with Gasteiger partial charge < -0.3 is 20.1 Å². The van der Waals surface area contributed by atoms with Crippen LogP contribution in [0.4, 0.5) is 0 Å². The number of hydrogen-bond donors (Lipinski definition) is 3. The van der Waals surface area contributed by atoms with Gasteiger partial charge in [0.25, 0.3) is 0 Å². The minimum atomic E-state index is -1.27. The summed E-state index contributed by atoms with van der Waals surface area (Å²) in [6.07, 6.45) is -1.54. The number of aromatic nitrogens is 2. The van der Waals surface area contributed by atoms with Gasteiger partial charge in [-0.3, -0.25) is 4.57 Å². The van der Waals surface area contributed by atoms with Crippen molar-refractivity contribution in [3.63, 3.8) is 0 Å². The Morgan fingerprint density at radius 2 is 2.18 bits per heavy atom. The molecule has 0 unspecified atom stereocenters. The van der Waals surface area contributed by atoms with Crippen molar-refractivity contribution in [2.24, 2.45) is 0 Å². The van der Waals surface area contributed by atoms with Crippen LogP contribution < -0.4 is 5.69 Å². The van der Waals surface area contributed by atoms with E-state index in [1.165, 1.54) is 12.4 Å². The van der Waals surface area contributed by atoms with Gasteiger partial charge in [-0.2, -0.15) is 0 Å². The molecule has 0 radical (unpaired) electrons. The number of ether oxygens (including phenoxy) is 1. The second kappa shape index (κ2) is 4.53. The number of aliphatic hydroxyl groups excluding tert-OH is 3. The molecule has 1 aliphatic rings. The normalized spacial score (nSPS) is 32.9. The number of aryl methyl sites for hydroxylation is 1. The maximum Gasteiger partial charge on any atom is 0.349 e. The fourth-order valence-corrected chi connectivity index (χ4v) is 1.82. The quantitative estimate of drug-likeness (QED) is 0.563. The summed E-state index contributed by atoms with van der Waals surface area (Å²) in [7, 11) is 0. The van der Waals surface area contributed by atoms with Crippen LogP contribution >= 0.6 is 0 Å². The van der Waals surface area contributed by atoms with Gasteiger partial charge in [-0.25, -0.2) is 9.78 Å². The Hall–Kier alpha value is -1.28. The molecule has 94 valence electrons. The van der Waals surface area contributed by atoms with Crippen LogP contribution in [0.15, 0.2) is 17.2 Å². The zero-order chi connectivity index (χ0) is 12.6. The Bertz CT molecular complexity index is 460. The minimum Gasteiger partial charge on any atom is -0.394 e. The van der Waals surface area contributed by atoms with E-state index in [2.05, 4.69) is 4.98 Å². The predicted octanol–water partition coefficient (Wildman–Crippen LogP) is -1.84. The molecule has 1 aliphatic heterocycles. The van der Waals surface area contributed by atoms with Gasteiger partial charge >= 0.3 is 5.69 Å². The summed E-state index contributed by atoms with van der Waals surface area (Å²) in [5, 5.41) is 28.3. The van der Waals surface area contributed by atoms with Gasteiger partial charge in [0.05, 0.1) is 6.61 Å². The van der Waals surface area contributed by atoms with Gasteiger partial charge in [0.15, 0.2) is 6.23 Å². The monoisotopic (exact) mass is 242 g/mol. The highest BCUT2D eigenvalue weighted by atomic mass is 16.6. The van der Waals surface area contributed by atoms with E-state index in [-0.39, 0.29) is 0 Å². The second-order valence-electron chi connectivity index (χ2n) is 4.05. The SMILES string of the molecule is Cc1cnc(=O)n([C@@H]2O[C@H](CO)[C@@H](O)[C@@H]2O)c1. The molecule has 2 heterocycles. The third-order valence-electron chi connectivity index (χ3n) is 2.73. The average Bonchev–Trinajstić information content (AvgIpc) is 2.59. The molecule has 17 heavy (non-hydrogen) atoms. The molecule has 0 aliphatic carbocycles. The van der Waals surface area contributed by atoms with Gasteiger partial charge in [0, 0.05) is 12.4 Å². The lowest BCUT2D eigenvalue weighted by molar-refractivity contribution is -0.0550. The van der Waals surface area contributed by atoms with Gasteiger partial charge in [-0.15, -0.1) is 0 Å². The lowest BCUT2D eigenvalue weighted by Crippen LogP contribution is -2.36. The van der Waals surface area contributed by atoms with Crippen LogP contribution in [0.3, 0.4) is 0 Å². The molecule has 7 heteroatoms. The molecular weight excluding hydrogens is 228 g/mol. The average molecular weight is 242 g/mol. The van der Waals surface area contributed by atoms with E-state index < -0.39 is 36.8 Å². The molecule has 7 nitrogen and oxygen atoms in total. The van der Waals surface area contributed by atoms with Crippen LogP contribution in [-0.2, 0) is 4.74 Å². The lowest BCUT2D eigenvalue weighted by atomic mass is 10.1. The first-order chi connectivity index (χ1) is 8.04. The van der Waals surface area contributed by atoms with Crippen LogP contribution in [0.25, 0.3) is 0 Å². The molecule has 1 aromatic rings. The Kier molecular flexibility index (Phi) is 3.25. The summed E-state index contributed by atoms with van der Waals surface area (Å²) in [6.45, 7) is 1.31. The van der Waals surface area contributed by atoms with E-state index in [0.717, 1.165) is 10.1 Å². The first-order valence-electron chi connectivity index (χ1n) is 5.22. The smallest absolute Gasteiger partial charge is 0.349 e. The number of hydrogen-bond acceptors (Lipinski definition) is 6. The fourth-order valence-electron chi connectivity index (χ4n) is 1.82. The summed E-state index contributed by atoms with van der Waals surface area (Å²) in [5.41, 5.74) is 0.146. The van der Waals surface area contributed by atoms with Crippen molar-refractivity contribution in [3.8, 4) is 0 Å². The van der Waals surface area contributed by atoms with E-state index in [1.807, 2.05) is 0 Å². The Labute approximate surface area is 96.9 Å². The van der Waals surface area contributed by atoms with Gasteiger partial charge in [-0.05, 0) is 12.5 Å². The van der Waals surface area contributed by atoms with E-state index in [9.17, 15) is 15.0 Å². The van der Waals surface area contributed by atoms with Gasteiger partial charge in [0.1, 0.15) is 18.3 Å². The van der Waals surface area contributed by atoms with Crippen LogP contribution in [0.5, 0.6) is 0 Å². The molecule has 4 atom stereocenters. The largest absolute Gasteiger partial charge is 0.394 e. The third-order valence-corrected chi connectivity index (χ3v) is 2.73. The summed E-state index contributed by atoms with van der Waals surface area (Å²) < 4.78 is 6.34. The Morgan fingerprint density at radius 1 is 1.47 bits per heavy atom.